The zero-order chi connectivity index (χ0) is 13.8. The Hall–Kier alpha value is -1.33. The molecular formula is C14H17BrN2O2. The first-order valence-corrected chi connectivity index (χ1v) is 6.95. The maximum absolute atomic E-state index is 9.71. The predicted molar refractivity (Wildman–Crippen MR) is 77.2 cm³/mol. The maximum Gasteiger partial charge on any atom is 0.126 e. The molecule has 1 N–H and O–H groups in total. The van der Waals surface area contributed by atoms with Gasteiger partial charge in [0.2, 0.25) is 0 Å². The highest BCUT2D eigenvalue weighted by Crippen LogP contribution is 2.28. The molecular weight excluding hydrogens is 308 g/mol. The lowest BCUT2D eigenvalue weighted by molar-refractivity contribution is 0.190. The van der Waals surface area contributed by atoms with Gasteiger partial charge in [0.05, 0.1) is 12.6 Å². The van der Waals surface area contributed by atoms with E-state index in [1.165, 1.54) is 0 Å². The van der Waals surface area contributed by atoms with Crippen LogP contribution in [0, 0.1) is 6.92 Å². The van der Waals surface area contributed by atoms with E-state index < -0.39 is 6.10 Å². The molecule has 19 heavy (non-hydrogen) atoms. The molecule has 5 heteroatoms. The quantitative estimate of drug-likeness (QED) is 0.919. The summed E-state index contributed by atoms with van der Waals surface area (Å²) in [6, 6.07) is 5.64. The van der Waals surface area contributed by atoms with E-state index in [9.17, 15) is 5.11 Å². The molecule has 0 spiro atoms. The Morgan fingerprint density at radius 1 is 1.47 bits per heavy atom. The van der Waals surface area contributed by atoms with Gasteiger partial charge >= 0.3 is 0 Å². The lowest BCUT2D eigenvalue weighted by Crippen LogP contribution is -2.10. The molecule has 102 valence electrons. The molecule has 2 aromatic rings. The maximum atomic E-state index is 9.71. The Labute approximate surface area is 121 Å². The summed E-state index contributed by atoms with van der Waals surface area (Å²) in [6.45, 7) is 4.96. The standard InChI is InChI=1S/C14H17BrN2O2/c1-10(18)13-4-3-12(15)9-14(13)19-8-7-17-6-5-16-11(17)2/h3-6,9-10,18H,7-8H2,1-2H3/t10-/m0/s1. The molecule has 0 aliphatic carbocycles. The molecule has 2 rings (SSSR count). The highest BCUT2D eigenvalue weighted by molar-refractivity contribution is 9.10. The first-order chi connectivity index (χ1) is 9.08. The van der Waals surface area contributed by atoms with Crippen molar-refractivity contribution in [3.05, 3.63) is 46.5 Å². The van der Waals surface area contributed by atoms with Crippen LogP contribution in [0.5, 0.6) is 5.75 Å². The van der Waals surface area contributed by atoms with Crippen molar-refractivity contribution < 1.29 is 9.84 Å². The van der Waals surface area contributed by atoms with Crippen molar-refractivity contribution in [3.63, 3.8) is 0 Å². The van der Waals surface area contributed by atoms with Crippen LogP contribution < -0.4 is 4.74 Å². The van der Waals surface area contributed by atoms with E-state index in [0.717, 1.165) is 22.4 Å². The van der Waals surface area contributed by atoms with Gasteiger partial charge in [-0.05, 0) is 26.0 Å². The molecule has 0 aliphatic heterocycles. The molecule has 1 atom stereocenters. The molecule has 0 saturated heterocycles. The van der Waals surface area contributed by atoms with Crippen LogP contribution in [0.25, 0.3) is 0 Å². The fourth-order valence-electron chi connectivity index (χ4n) is 1.87. The Bertz CT molecular complexity index is 552. The minimum atomic E-state index is -0.543. The molecule has 0 fully saturated rings. The second-order valence-corrected chi connectivity index (χ2v) is 5.29. The molecule has 4 nitrogen and oxygen atoms in total. The first kappa shape index (κ1) is 14.1. The largest absolute Gasteiger partial charge is 0.491 e. The Morgan fingerprint density at radius 2 is 2.26 bits per heavy atom. The van der Waals surface area contributed by atoms with Crippen molar-refractivity contribution in [1.29, 1.82) is 0 Å². The first-order valence-electron chi connectivity index (χ1n) is 6.16. The number of ether oxygens (including phenoxy) is 1. The molecule has 1 aromatic carbocycles. The number of aryl methyl sites for hydroxylation is 1. The summed E-state index contributed by atoms with van der Waals surface area (Å²) >= 11 is 3.41. The number of nitrogens with zero attached hydrogens (tertiary/aromatic N) is 2. The number of rotatable bonds is 5. The van der Waals surface area contributed by atoms with Crippen molar-refractivity contribution in [3.8, 4) is 5.75 Å². The third-order valence-corrected chi connectivity index (χ3v) is 3.43. The second-order valence-electron chi connectivity index (χ2n) is 4.37. The van der Waals surface area contributed by atoms with Crippen molar-refractivity contribution in [2.45, 2.75) is 26.5 Å². The number of imidazole rings is 1. The van der Waals surface area contributed by atoms with Gasteiger partial charge in [0, 0.05) is 22.4 Å². The minimum Gasteiger partial charge on any atom is -0.491 e. The topological polar surface area (TPSA) is 47.3 Å². The highest BCUT2D eigenvalue weighted by Gasteiger charge is 2.09. The average Bonchev–Trinajstić information content (AvgIpc) is 2.75. The van der Waals surface area contributed by atoms with E-state index in [2.05, 4.69) is 20.9 Å². The van der Waals surface area contributed by atoms with Crippen LogP contribution >= 0.6 is 15.9 Å². The van der Waals surface area contributed by atoms with Crippen molar-refractivity contribution in [2.75, 3.05) is 6.61 Å². The highest BCUT2D eigenvalue weighted by atomic mass is 79.9. The smallest absolute Gasteiger partial charge is 0.126 e. The second kappa shape index (κ2) is 6.21. The average molecular weight is 325 g/mol. The molecule has 0 aliphatic rings. The lowest BCUT2D eigenvalue weighted by atomic mass is 10.1. The van der Waals surface area contributed by atoms with E-state index in [1.807, 2.05) is 35.9 Å². The number of aliphatic hydroxyl groups is 1. The van der Waals surface area contributed by atoms with E-state index in [1.54, 1.807) is 13.1 Å². The summed E-state index contributed by atoms with van der Waals surface area (Å²) in [4.78, 5) is 4.16. The number of aromatic nitrogens is 2. The van der Waals surface area contributed by atoms with Crippen LogP contribution in [0.15, 0.2) is 35.1 Å². The van der Waals surface area contributed by atoms with E-state index in [-0.39, 0.29) is 0 Å². The van der Waals surface area contributed by atoms with Crippen molar-refractivity contribution in [2.24, 2.45) is 0 Å². The molecule has 1 heterocycles. The van der Waals surface area contributed by atoms with Crippen LogP contribution in [0.4, 0.5) is 0 Å². The Morgan fingerprint density at radius 3 is 2.89 bits per heavy atom. The Balaban J connectivity index is 2.03. The van der Waals surface area contributed by atoms with Gasteiger partial charge in [0.25, 0.3) is 0 Å². The van der Waals surface area contributed by atoms with Crippen LogP contribution in [0.2, 0.25) is 0 Å². The van der Waals surface area contributed by atoms with Gasteiger partial charge in [-0.3, -0.25) is 0 Å². The molecule has 1 aromatic heterocycles. The monoisotopic (exact) mass is 324 g/mol. The SMILES string of the molecule is Cc1nccn1CCOc1cc(Br)ccc1[C@H](C)O. The van der Waals surface area contributed by atoms with Gasteiger partial charge in [0.15, 0.2) is 0 Å². The zero-order valence-electron chi connectivity index (χ0n) is 11.0. The third kappa shape index (κ3) is 3.58. The number of benzene rings is 1. The molecule has 0 amide bonds. The summed E-state index contributed by atoms with van der Waals surface area (Å²) < 4.78 is 8.73. The van der Waals surface area contributed by atoms with Gasteiger partial charge in [-0.1, -0.05) is 22.0 Å². The fourth-order valence-corrected chi connectivity index (χ4v) is 2.21. The van der Waals surface area contributed by atoms with Gasteiger partial charge in [0.1, 0.15) is 18.2 Å². The molecule has 0 unspecified atom stereocenters. The van der Waals surface area contributed by atoms with Gasteiger partial charge in [-0.2, -0.15) is 0 Å². The van der Waals surface area contributed by atoms with Gasteiger partial charge in [-0.15, -0.1) is 0 Å². The number of halogens is 1. The number of aliphatic hydroxyl groups excluding tert-OH is 1. The normalized spacial score (nSPS) is 12.4. The third-order valence-electron chi connectivity index (χ3n) is 2.94. The zero-order valence-corrected chi connectivity index (χ0v) is 12.6. The summed E-state index contributed by atoms with van der Waals surface area (Å²) in [5, 5.41) is 9.71. The fraction of sp³-hybridized carbons (Fsp3) is 0.357. The van der Waals surface area contributed by atoms with E-state index >= 15 is 0 Å². The van der Waals surface area contributed by atoms with Crippen LogP contribution in [-0.4, -0.2) is 21.3 Å². The van der Waals surface area contributed by atoms with Crippen LogP contribution in [0.1, 0.15) is 24.4 Å². The van der Waals surface area contributed by atoms with E-state index in [4.69, 9.17) is 4.74 Å². The summed E-state index contributed by atoms with van der Waals surface area (Å²) in [5.74, 6) is 1.68. The molecule has 0 saturated carbocycles. The lowest BCUT2D eigenvalue weighted by Gasteiger charge is -2.14. The van der Waals surface area contributed by atoms with Crippen molar-refractivity contribution in [1.82, 2.24) is 9.55 Å². The van der Waals surface area contributed by atoms with Gasteiger partial charge < -0.3 is 14.4 Å². The molecule has 0 radical (unpaired) electrons. The summed E-state index contributed by atoms with van der Waals surface area (Å²) in [6.07, 6.45) is 3.16. The van der Waals surface area contributed by atoms with Crippen molar-refractivity contribution >= 4 is 15.9 Å². The van der Waals surface area contributed by atoms with Crippen LogP contribution in [-0.2, 0) is 6.54 Å². The Kier molecular flexibility index (Phi) is 4.61. The minimum absolute atomic E-state index is 0.535. The van der Waals surface area contributed by atoms with Crippen LogP contribution in [0.3, 0.4) is 0 Å². The molecule has 0 bridgehead atoms. The van der Waals surface area contributed by atoms with E-state index in [0.29, 0.717) is 12.4 Å². The number of hydrogen-bond donors (Lipinski definition) is 1. The van der Waals surface area contributed by atoms with Gasteiger partial charge in [-0.25, -0.2) is 4.98 Å². The predicted octanol–water partition coefficient (Wildman–Crippen LogP) is 3.09. The number of hydrogen-bond acceptors (Lipinski definition) is 3. The summed E-state index contributed by atoms with van der Waals surface area (Å²) in [7, 11) is 0. The summed E-state index contributed by atoms with van der Waals surface area (Å²) in [5.41, 5.74) is 0.797.